The van der Waals surface area contributed by atoms with Crippen molar-refractivity contribution < 1.29 is 9.53 Å². The van der Waals surface area contributed by atoms with Crippen molar-refractivity contribution in [3.63, 3.8) is 0 Å². The van der Waals surface area contributed by atoms with E-state index in [2.05, 4.69) is 5.10 Å². The van der Waals surface area contributed by atoms with Gasteiger partial charge in [0.05, 0.1) is 27.7 Å². The monoisotopic (exact) mass is 349 g/mol. The molecule has 0 saturated heterocycles. The fourth-order valence-electron chi connectivity index (χ4n) is 2.65. The van der Waals surface area contributed by atoms with Crippen molar-refractivity contribution >= 4 is 28.3 Å². The molecule has 0 saturated carbocycles. The van der Waals surface area contributed by atoms with Gasteiger partial charge in [-0.3, -0.25) is 0 Å². The van der Waals surface area contributed by atoms with Gasteiger partial charge in [-0.1, -0.05) is 24.3 Å². The van der Waals surface area contributed by atoms with E-state index in [9.17, 15) is 4.79 Å². The highest BCUT2D eigenvalue weighted by Gasteiger charge is 2.19. The maximum Gasteiger partial charge on any atom is 0.344 e. The van der Waals surface area contributed by atoms with Crippen LogP contribution in [0.1, 0.15) is 17.3 Å². The molecule has 0 aliphatic rings. The van der Waals surface area contributed by atoms with E-state index < -0.39 is 5.97 Å². The van der Waals surface area contributed by atoms with Crippen molar-refractivity contribution in [1.82, 2.24) is 14.8 Å². The maximum atomic E-state index is 12.8. The van der Waals surface area contributed by atoms with Gasteiger partial charge in [-0.25, -0.2) is 14.5 Å². The third-order valence-corrected chi connectivity index (χ3v) is 4.75. The number of ether oxygens (including phenoxy) is 1. The Labute approximate surface area is 148 Å². The molecule has 6 heteroatoms. The number of aryl methyl sites for hydroxylation is 1. The second-order valence-corrected chi connectivity index (χ2v) is 6.38. The van der Waals surface area contributed by atoms with E-state index in [1.165, 1.54) is 0 Å². The number of esters is 1. The lowest BCUT2D eigenvalue weighted by Gasteiger charge is -2.08. The molecule has 25 heavy (non-hydrogen) atoms. The zero-order valence-corrected chi connectivity index (χ0v) is 14.4. The van der Waals surface area contributed by atoms with Crippen molar-refractivity contribution in [2.45, 2.75) is 13.5 Å². The lowest BCUT2D eigenvalue weighted by atomic mass is 10.1. The standard InChI is InChI=1S/C19H15N3O2S/c1-2-22-18-15(12-20-22)14(11-16(21-18)17-9-6-10-25-17)19(23)24-13-7-4-3-5-8-13/h3-12H,2H2,1H3. The second kappa shape index (κ2) is 6.49. The number of nitrogens with zero attached hydrogens (tertiary/aromatic N) is 3. The quantitative estimate of drug-likeness (QED) is 0.405. The van der Waals surface area contributed by atoms with E-state index >= 15 is 0 Å². The molecule has 0 radical (unpaired) electrons. The van der Waals surface area contributed by atoms with Crippen LogP contribution in [-0.4, -0.2) is 20.7 Å². The Balaban J connectivity index is 1.84. The highest BCUT2D eigenvalue weighted by molar-refractivity contribution is 7.13. The Morgan fingerprint density at radius 3 is 2.76 bits per heavy atom. The van der Waals surface area contributed by atoms with Crippen molar-refractivity contribution in [3.8, 4) is 16.3 Å². The van der Waals surface area contributed by atoms with Crippen LogP contribution in [0.5, 0.6) is 5.75 Å². The summed E-state index contributed by atoms with van der Waals surface area (Å²) in [6, 6.07) is 14.8. The number of benzene rings is 1. The Kier molecular flexibility index (Phi) is 4.03. The van der Waals surface area contributed by atoms with Gasteiger partial charge in [0.25, 0.3) is 0 Å². The van der Waals surface area contributed by atoms with Gasteiger partial charge in [0.15, 0.2) is 5.65 Å². The molecule has 0 atom stereocenters. The number of carbonyl (C=O) groups is 1. The smallest absolute Gasteiger partial charge is 0.344 e. The third kappa shape index (κ3) is 2.92. The second-order valence-electron chi connectivity index (χ2n) is 5.43. The molecule has 0 bridgehead atoms. The summed E-state index contributed by atoms with van der Waals surface area (Å²) in [5.41, 5.74) is 1.91. The Hall–Kier alpha value is -2.99. The van der Waals surface area contributed by atoms with E-state index in [-0.39, 0.29) is 0 Å². The van der Waals surface area contributed by atoms with Gasteiger partial charge in [0, 0.05) is 6.54 Å². The van der Waals surface area contributed by atoms with Crippen LogP contribution in [0.4, 0.5) is 0 Å². The van der Waals surface area contributed by atoms with Crippen LogP contribution in [0.25, 0.3) is 21.6 Å². The van der Waals surface area contributed by atoms with E-state index in [0.717, 1.165) is 10.6 Å². The normalized spacial score (nSPS) is 10.9. The molecule has 1 aromatic carbocycles. The molecule has 0 amide bonds. The SMILES string of the molecule is CCn1ncc2c(C(=O)Oc3ccccc3)cc(-c3cccs3)nc21. The minimum absolute atomic E-state index is 0.410. The van der Waals surface area contributed by atoms with Crippen molar-refractivity contribution in [3.05, 3.63) is 65.7 Å². The Bertz CT molecular complexity index is 1020. The van der Waals surface area contributed by atoms with Crippen molar-refractivity contribution in [2.75, 3.05) is 0 Å². The first-order valence-corrected chi connectivity index (χ1v) is 8.82. The fraction of sp³-hybridized carbons (Fsp3) is 0.105. The van der Waals surface area contributed by atoms with Gasteiger partial charge in [0.2, 0.25) is 0 Å². The Morgan fingerprint density at radius 2 is 2.04 bits per heavy atom. The molecule has 5 nitrogen and oxygen atoms in total. The van der Waals surface area contributed by atoms with Gasteiger partial charge in [-0.15, -0.1) is 11.3 Å². The van der Waals surface area contributed by atoms with E-state index in [4.69, 9.17) is 9.72 Å². The molecule has 0 aliphatic heterocycles. The van der Waals surface area contributed by atoms with Crippen LogP contribution in [0.15, 0.2) is 60.1 Å². The molecule has 124 valence electrons. The number of fused-ring (bicyclic) bond motifs is 1. The number of hydrogen-bond acceptors (Lipinski definition) is 5. The van der Waals surface area contributed by atoms with Crippen LogP contribution in [0, 0.1) is 0 Å². The molecular weight excluding hydrogens is 334 g/mol. The summed E-state index contributed by atoms with van der Waals surface area (Å²) in [5, 5.41) is 7.02. The summed E-state index contributed by atoms with van der Waals surface area (Å²) in [6.45, 7) is 2.67. The molecule has 4 rings (SSSR count). The molecule has 0 N–H and O–H groups in total. The summed E-state index contributed by atoms with van der Waals surface area (Å²) in [4.78, 5) is 18.5. The van der Waals surface area contributed by atoms with E-state index in [1.807, 2.05) is 42.6 Å². The van der Waals surface area contributed by atoms with Crippen molar-refractivity contribution in [1.29, 1.82) is 0 Å². The molecule has 4 aromatic rings. The number of thiophene rings is 1. The van der Waals surface area contributed by atoms with Gasteiger partial charge in [-0.05, 0) is 36.6 Å². The molecule has 0 spiro atoms. The maximum absolute atomic E-state index is 12.8. The molecule has 0 unspecified atom stereocenters. The van der Waals surface area contributed by atoms with Crippen LogP contribution in [0.2, 0.25) is 0 Å². The fourth-order valence-corrected chi connectivity index (χ4v) is 3.34. The lowest BCUT2D eigenvalue weighted by molar-refractivity contribution is 0.0737. The molecule has 3 aromatic heterocycles. The highest BCUT2D eigenvalue weighted by Crippen LogP contribution is 2.28. The summed E-state index contributed by atoms with van der Waals surface area (Å²) >= 11 is 1.58. The van der Waals surface area contributed by atoms with Crippen LogP contribution in [-0.2, 0) is 6.54 Å². The number of pyridine rings is 1. The van der Waals surface area contributed by atoms with E-state index in [0.29, 0.717) is 28.9 Å². The minimum atomic E-state index is -0.410. The first-order chi connectivity index (χ1) is 12.3. The third-order valence-electron chi connectivity index (χ3n) is 3.86. The first kappa shape index (κ1) is 15.5. The summed E-state index contributed by atoms with van der Waals surface area (Å²) in [5.74, 6) is 0.102. The summed E-state index contributed by atoms with van der Waals surface area (Å²) < 4.78 is 7.31. The highest BCUT2D eigenvalue weighted by atomic mass is 32.1. The molecular formula is C19H15N3O2S. The number of carbonyl (C=O) groups excluding carboxylic acids is 1. The average molecular weight is 349 g/mol. The van der Waals surface area contributed by atoms with Crippen molar-refractivity contribution in [2.24, 2.45) is 0 Å². The number of para-hydroxylation sites is 1. The minimum Gasteiger partial charge on any atom is -0.423 e. The molecule has 3 heterocycles. The predicted molar refractivity (Wildman–Crippen MR) is 97.9 cm³/mol. The summed E-state index contributed by atoms with van der Waals surface area (Å²) in [7, 11) is 0. The number of hydrogen-bond donors (Lipinski definition) is 0. The topological polar surface area (TPSA) is 57.0 Å². The molecule has 0 aliphatic carbocycles. The summed E-state index contributed by atoms with van der Waals surface area (Å²) in [6.07, 6.45) is 1.67. The lowest BCUT2D eigenvalue weighted by Crippen LogP contribution is -2.10. The Morgan fingerprint density at radius 1 is 1.20 bits per heavy atom. The average Bonchev–Trinajstić information content (AvgIpc) is 3.31. The van der Waals surface area contributed by atoms with Crippen LogP contribution in [0.3, 0.4) is 0 Å². The van der Waals surface area contributed by atoms with Gasteiger partial charge in [0.1, 0.15) is 5.75 Å². The number of rotatable bonds is 4. The van der Waals surface area contributed by atoms with Gasteiger partial charge >= 0.3 is 5.97 Å². The predicted octanol–water partition coefficient (Wildman–Crippen LogP) is 4.40. The largest absolute Gasteiger partial charge is 0.423 e. The molecule has 0 fully saturated rings. The first-order valence-electron chi connectivity index (χ1n) is 7.94. The van der Waals surface area contributed by atoms with E-state index in [1.54, 1.807) is 40.4 Å². The zero-order valence-electron chi connectivity index (χ0n) is 13.5. The number of aromatic nitrogens is 3. The zero-order chi connectivity index (χ0) is 17.2. The van der Waals surface area contributed by atoms with Gasteiger partial charge < -0.3 is 4.74 Å². The van der Waals surface area contributed by atoms with Gasteiger partial charge in [-0.2, -0.15) is 5.10 Å². The van der Waals surface area contributed by atoms with Crippen LogP contribution >= 0.6 is 11.3 Å². The van der Waals surface area contributed by atoms with Crippen LogP contribution < -0.4 is 4.74 Å².